The van der Waals surface area contributed by atoms with Crippen LogP contribution in [0.15, 0.2) is 53.6 Å². The van der Waals surface area contributed by atoms with Gasteiger partial charge in [0.05, 0.1) is 5.75 Å². The molecular weight excluding hydrogens is 278 g/mol. The number of ketones is 1. The minimum atomic E-state index is 0.164. The van der Waals surface area contributed by atoms with Crippen molar-refractivity contribution in [3.05, 3.63) is 65.4 Å². The van der Waals surface area contributed by atoms with E-state index in [1.54, 1.807) is 11.8 Å². The summed E-state index contributed by atoms with van der Waals surface area (Å²) in [5.41, 5.74) is 4.27. The first-order valence-electron chi connectivity index (χ1n) is 6.94. The van der Waals surface area contributed by atoms with Crippen molar-refractivity contribution < 1.29 is 4.79 Å². The maximum absolute atomic E-state index is 12.4. The van der Waals surface area contributed by atoms with Crippen molar-refractivity contribution in [3.8, 4) is 0 Å². The lowest BCUT2D eigenvalue weighted by molar-refractivity contribution is 0.102. The number of para-hydroxylation sites is 1. The van der Waals surface area contributed by atoms with Crippen LogP contribution in [0.5, 0.6) is 0 Å². The molecule has 0 aliphatic rings. The summed E-state index contributed by atoms with van der Waals surface area (Å²) in [6, 6.07) is 14.2. The van der Waals surface area contributed by atoms with Crippen LogP contribution in [0.25, 0.3) is 10.9 Å². The number of fused-ring (bicyclic) bond motifs is 1. The molecule has 0 aliphatic carbocycles. The fourth-order valence-corrected chi connectivity index (χ4v) is 3.38. The van der Waals surface area contributed by atoms with E-state index in [1.165, 1.54) is 16.0 Å². The molecule has 1 N–H and O–H groups in total. The van der Waals surface area contributed by atoms with Crippen LogP contribution in [0.1, 0.15) is 21.5 Å². The number of Topliss-reactive ketones (excluding diaryl/α,β-unsaturated/α-hetero) is 1. The predicted molar refractivity (Wildman–Crippen MR) is 89.3 cm³/mol. The van der Waals surface area contributed by atoms with Crippen molar-refractivity contribution in [1.82, 2.24) is 4.98 Å². The molecule has 2 aromatic carbocycles. The van der Waals surface area contributed by atoms with Gasteiger partial charge >= 0.3 is 0 Å². The van der Waals surface area contributed by atoms with Gasteiger partial charge in [-0.2, -0.15) is 0 Å². The molecule has 2 nitrogen and oxygen atoms in total. The second kappa shape index (κ2) is 5.78. The lowest BCUT2D eigenvalue weighted by atomic mass is 10.1. The van der Waals surface area contributed by atoms with Crippen LogP contribution < -0.4 is 0 Å². The molecule has 3 aromatic rings. The number of aromatic amines is 1. The quantitative estimate of drug-likeness (QED) is 0.556. The summed E-state index contributed by atoms with van der Waals surface area (Å²) < 4.78 is 0. The molecule has 0 unspecified atom stereocenters. The third-order valence-corrected chi connectivity index (χ3v) is 4.75. The Balaban J connectivity index is 1.77. The highest BCUT2D eigenvalue weighted by Gasteiger charge is 2.12. The molecular formula is C18H17NOS. The fourth-order valence-electron chi connectivity index (χ4n) is 2.48. The maximum Gasteiger partial charge on any atom is 0.175 e. The summed E-state index contributed by atoms with van der Waals surface area (Å²) in [6.07, 6.45) is 1.82. The Hall–Kier alpha value is -2.00. The van der Waals surface area contributed by atoms with Crippen LogP contribution in [0.3, 0.4) is 0 Å². The Kier molecular flexibility index (Phi) is 3.84. The molecule has 0 saturated heterocycles. The van der Waals surface area contributed by atoms with E-state index in [-0.39, 0.29) is 5.78 Å². The van der Waals surface area contributed by atoms with E-state index in [0.29, 0.717) is 5.75 Å². The Morgan fingerprint density at radius 1 is 1.14 bits per heavy atom. The molecule has 0 atom stereocenters. The Bertz CT molecular complexity index is 804. The highest BCUT2D eigenvalue weighted by molar-refractivity contribution is 8.00. The molecule has 21 heavy (non-hydrogen) atoms. The van der Waals surface area contributed by atoms with Gasteiger partial charge in [0.2, 0.25) is 0 Å². The highest BCUT2D eigenvalue weighted by Crippen LogP contribution is 2.25. The van der Waals surface area contributed by atoms with Crippen LogP contribution in [0, 0.1) is 13.8 Å². The van der Waals surface area contributed by atoms with Gasteiger partial charge in [-0.25, -0.2) is 0 Å². The molecule has 0 aliphatic heterocycles. The monoisotopic (exact) mass is 295 g/mol. The van der Waals surface area contributed by atoms with Crippen LogP contribution in [-0.4, -0.2) is 16.5 Å². The zero-order valence-corrected chi connectivity index (χ0v) is 13.0. The minimum Gasteiger partial charge on any atom is -0.360 e. The first kappa shape index (κ1) is 14.0. The lowest BCUT2D eigenvalue weighted by Crippen LogP contribution is -2.01. The number of carbonyl (C=O) groups is 1. The zero-order chi connectivity index (χ0) is 14.8. The van der Waals surface area contributed by atoms with E-state index >= 15 is 0 Å². The number of H-pyrrole nitrogens is 1. The third kappa shape index (κ3) is 2.88. The molecule has 106 valence electrons. The SMILES string of the molecule is Cc1ccc(SCC(=O)c2c[nH]c3ccccc23)c(C)c1. The van der Waals surface area contributed by atoms with E-state index in [9.17, 15) is 4.79 Å². The molecule has 0 radical (unpaired) electrons. The normalized spacial score (nSPS) is 11.0. The summed E-state index contributed by atoms with van der Waals surface area (Å²) in [6.45, 7) is 4.17. The van der Waals surface area contributed by atoms with Crippen LogP contribution in [-0.2, 0) is 0 Å². The van der Waals surface area contributed by atoms with Crippen LogP contribution in [0.2, 0.25) is 0 Å². The van der Waals surface area contributed by atoms with Crippen molar-refractivity contribution in [2.45, 2.75) is 18.7 Å². The van der Waals surface area contributed by atoms with Gasteiger partial charge in [0, 0.05) is 27.6 Å². The summed E-state index contributed by atoms with van der Waals surface area (Å²) >= 11 is 1.61. The Labute approximate surface area is 128 Å². The lowest BCUT2D eigenvalue weighted by Gasteiger charge is -2.06. The number of aromatic nitrogens is 1. The molecule has 1 aromatic heterocycles. The van der Waals surface area contributed by atoms with Gasteiger partial charge in [0.15, 0.2) is 5.78 Å². The van der Waals surface area contributed by atoms with E-state index in [0.717, 1.165) is 16.5 Å². The molecule has 0 amide bonds. The Morgan fingerprint density at radius 3 is 2.76 bits per heavy atom. The van der Waals surface area contributed by atoms with E-state index in [1.807, 2.05) is 30.5 Å². The predicted octanol–water partition coefficient (Wildman–Crippen LogP) is 4.76. The Morgan fingerprint density at radius 2 is 1.95 bits per heavy atom. The first-order chi connectivity index (χ1) is 10.1. The van der Waals surface area contributed by atoms with Crippen molar-refractivity contribution in [1.29, 1.82) is 0 Å². The standard InChI is InChI=1S/C18H17NOS/c1-12-7-8-18(13(2)9-12)21-11-17(20)15-10-19-16-6-4-3-5-14(15)16/h3-10,19H,11H2,1-2H3. The molecule has 0 saturated carbocycles. The summed E-state index contributed by atoms with van der Waals surface area (Å²) in [5.74, 6) is 0.628. The van der Waals surface area contributed by atoms with Crippen molar-refractivity contribution >= 4 is 28.4 Å². The summed E-state index contributed by atoms with van der Waals surface area (Å²) in [5, 5.41) is 1.00. The van der Waals surface area contributed by atoms with Crippen molar-refractivity contribution in [3.63, 3.8) is 0 Å². The molecule has 1 heterocycles. The maximum atomic E-state index is 12.4. The van der Waals surface area contributed by atoms with Gasteiger partial charge in [0.1, 0.15) is 0 Å². The topological polar surface area (TPSA) is 32.9 Å². The smallest absolute Gasteiger partial charge is 0.175 e. The van der Waals surface area contributed by atoms with Gasteiger partial charge in [-0.15, -0.1) is 11.8 Å². The molecule has 0 spiro atoms. The van der Waals surface area contributed by atoms with E-state index in [4.69, 9.17) is 0 Å². The van der Waals surface area contributed by atoms with Gasteiger partial charge in [0.25, 0.3) is 0 Å². The van der Waals surface area contributed by atoms with Crippen LogP contribution >= 0.6 is 11.8 Å². The summed E-state index contributed by atoms with van der Waals surface area (Å²) in [4.78, 5) is 16.8. The van der Waals surface area contributed by atoms with Crippen LogP contribution in [0.4, 0.5) is 0 Å². The van der Waals surface area contributed by atoms with E-state index in [2.05, 4.69) is 37.0 Å². The first-order valence-corrected chi connectivity index (χ1v) is 7.93. The third-order valence-electron chi connectivity index (χ3n) is 3.58. The minimum absolute atomic E-state index is 0.164. The number of carbonyl (C=O) groups excluding carboxylic acids is 1. The van der Waals surface area contributed by atoms with Gasteiger partial charge in [-0.3, -0.25) is 4.79 Å². The second-order valence-corrected chi connectivity index (χ2v) is 6.25. The number of hydrogen-bond acceptors (Lipinski definition) is 2. The largest absolute Gasteiger partial charge is 0.360 e. The number of benzene rings is 2. The number of thioether (sulfide) groups is 1. The second-order valence-electron chi connectivity index (χ2n) is 5.23. The summed E-state index contributed by atoms with van der Waals surface area (Å²) in [7, 11) is 0. The molecule has 3 heteroatoms. The average molecular weight is 295 g/mol. The van der Waals surface area contributed by atoms with Crippen molar-refractivity contribution in [2.24, 2.45) is 0 Å². The highest BCUT2D eigenvalue weighted by atomic mass is 32.2. The van der Waals surface area contributed by atoms with Gasteiger partial charge < -0.3 is 4.98 Å². The van der Waals surface area contributed by atoms with E-state index < -0.39 is 0 Å². The number of rotatable bonds is 4. The van der Waals surface area contributed by atoms with Gasteiger partial charge in [-0.1, -0.05) is 35.9 Å². The van der Waals surface area contributed by atoms with Crippen molar-refractivity contribution in [2.75, 3.05) is 5.75 Å². The molecule has 0 bridgehead atoms. The molecule has 3 rings (SSSR count). The fraction of sp³-hybridized carbons (Fsp3) is 0.167. The molecule has 0 fully saturated rings. The zero-order valence-electron chi connectivity index (χ0n) is 12.1. The van der Waals surface area contributed by atoms with Gasteiger partial charge in [-0.05, 0) is 31.5 Å². The number of hydrogen-bond donors (Lipinski definition) is 1. The average Bonchev–Trinajstić information content (AvgIpc) is 2.90. The number of aryl methyl sites for hydroxylation is 2. The number of nitrogens with one attached hydrogen (secondary N) is 1.